The van der Waals surface area contributed by atoms with E-state index in [-0.39, 0.29) is 11.9 Å². The van der Waals surface area contributed by atoms with Crippen molar-refractivity contribution in [3.63, 3.8) is 0 Å². The van der Waals surface area contributed by atoms with Crippen molar-refractivity contribution >= 4 is 5.91 Å². The maximum Gasteiger partial charge on any atom is 0.244 e. The van der Waals surface area contributed by atoms with Crippen LogP contribution in [0.5, 0.6) is 0 Å². The second-order valence-electron chi connectivity index (χ2n) is 7.27. The van der Waals surface area contributed by atoms with E-state index in [2.05, 4.69) is 36.1 Å². The first-order chi connectivity index (χ1) is 11.1. The fraction of sp³-hybridized carbons (Fsp3) is 0.632. The van der Waals surface area contributed by atoms with Crippen LogP contribution in [0.25, 0.3) is 0 Å². The van der Waals surface area contributed by atoms with Gasteiger partial charge in [-0.2, -0.15) is 0 Å². The monoisotopic (exact) mass is 315 g/mol. The summed E-state index contributed by atoms with van der Waals surface area (Å²) in [6, 6.07) is 8.76. The summed E-state index contributed by atoms with van der Waals surface area (Å²) in [5.41, 5.74) is 2.32. The van der Waals surface area contributed by atoms with Gasteiger partial charge in [0, 0.05) is 19.1 Å². The highest BCUT2D eigenvalue weighted by Gasteiger charge is 2.38. The van der Waals surface area contributed by atoms with Gasteiger partial charge in [0.05, 0.1) is 0 Å². The number of carbonyl (C=O) groups excluding carboxylic acids is 1. The predicted octanol–water partition coefficient (Wildman–Crippen LogP) is 2.29. The van der Waals surface area contributed by atoms with E-state index in [1.807, 2.05) is 23.9 Å². The van der Waals surface area contributed by atoms with Crippen molar-refractivity contribution in [3.05, 3.63) is 35.4 Å². The molecule has 2 fully saturated rings. The highest BCUT2D eigenvalue weighted by molar-refractivity contribution is 5.84. The normalized spacial score (nSPS) is 21.3. The average Bonchev–Trinajstić information content (AvgIpc) is 2.49. The number of amides is 1. The number of nitrogens with zero attached hydrogens (tertiary/aromatic N) is 3. The summed E-state index contributed by atoms with van der Waals surface area (Å²) in [6.07, 6.45) is 3.99. The first-order valence-corrected chi connectivity index (χ1v) is 8.82. The fourth-order valence-electron chi connectivity index (χ4n) is 3.73. The molecule has 23 heavy (non-hydrogen) atoms. The van der Waals surface area contributed by atoms with Gasteiger partial charge in [-0.05, 0) is 52.5 Å². The number of aryl methyl sites for hydroxylation is 1. The topological polar surface area (TPSA) is 26.8 Å². The lowest BCUT2D eigenvalue weighted by Gasteiger charge is -2.48. The summed E-state index contributed by atoms with van der Waals surface area (Å²) >= 11 is 0. The molecular formula is C19H29N3O. The summed E-state index contributed by atoms with van der Waals surface area (Å²) in [6.45, 7) is 6.29. The van der Waals surface area contributed by atoms with Gasteiger partial charge in [-0.15, -0.1) is 0 Å². The van der Waals surface area contributed by atoms with Gasteiger partial charge in [0.1, 0.15) is 6.04 Å². The third-order valence-electron chi connectivity index (χ3n) is 5.22. The van der Waals surface area contributed by atoms with Gasteiger partial charge in [-0.1, -0.05) is 36.2 Å². The summed E-state index contributed by atoms with van der Waals surface area (Å²) in [5.74, 6) is 0.243. The molecule has 0 radical (unpaired) electrons. The zero-order valence-corrected chi connectivity index (χ0v) is 14.7. The molecule has 0 spiro atoms. The minimum Gasteiger partial charge on any atom is -0.338 e. The van der Waals surface area contributed by atoms with Crippen molar-refractivity contribution < 1.29 is 4.79 Å². The molecular weight excluding hydrogens is 286 g/mol. The molecule has 0 N–H and O–H groups in total. The summed E-state index contributed by atoms with van der Waals surface area (Å²) in [5, 5.41) is 0. The Hall–Kier alpha value is -1.39. The lowest BCUT2D eigenvalue weighted by atomic mass is 9.98. The van der Waals surface area contributed by atoms with E-state index in [1.165, 1.54) is 37.9 Å². The molecule has 2 heterocycles. The van der Waals surface area contributed by atoms with Crippen LogP contribution in [0.3, 0.4) is 0 Å². The van der Waals surface area contributed by atoms with Crippen LogP contribution < -0.4 is 0 Å². The van der Waals surface area contributed by atoms with Gasteiger partial charge >= 0.3 is 0 Å². The molecule has 126 valence electrons. The maximum atomic E-state index is 12.9. The molecule has 1 atom stereocenters. The molecule has 2 aliphatic rings. The molecule has 0 aromatic heterocycles. The summed E-state index contributed by atoms with van der Waals surface area (Å²) in [4.78, 5) is 19.6. The van der Waals surface area contributed by atoms with Gasteiger partial charge < -0.3 is 4.90 Å². The van der Waals surface area contributed by atoms with Crippen molar-refractivity contribution in [1.29, 1.82) is 0 Å². The smallest absolute Gasteiger partial charge is 0.244 e. The van der Waals surface area contributed by atoms with Crippen LogP contribution in [0.4, 0.5) is 0 Å². The van der Waals surface area contributed by atoms with Crippen molar-refractivity contribution in [2.24, 2.45) is 0 Å². The molecule has 0 aliphatic carbocycles. The number of hydrogen-bond donors (Lipinski definition) is 0. The minimum absolute atomic E-state index is 0.169. The van der Waals surface area contributed by atoms with Gasteiger partial charge in [0.25, 0.3) is 0 Å². The third-order valence-corrected chi connectivity index (χ3v) is 5.22. The van der Waals surface area contributed by atoms with Crippen LogP contribution in [0, 0.1) is 6.92 Å². The number of piperidine rings is 1. The summed E-state index contributed by atoms with van der Waals surface area (Å²) < 4.78 is 0. The Balaban J connectivity index is 1.62. The lowest BCUT2D eigenvalue weighted by Crippen LogP contribution is -2.63. The molecule has 2 saturated heterocycles. The molecule has 0 saturated carbocycles. The molecule has 2 aliphatic heterocycles. The van der Waals surface area contributed by atoms with Crippen LogP contribution in [0.15, 0.2) is 24.3 Å². The Morgan fingerprint density at radius 1 is 1.09 bits per heavy atom. The molecule has 3 rings (SSSR count). The minimum atomic E-state index is -0.169. The Morgan fingerprint density at radius 3 is 2.26 bits per heavy atom. The Kier molecular flexibility index (Phi) is 5.02. The molecule has 0 bridgehead atoms. The third kappa shape index (κ3) is 3.59. The molecule has 4 heteroatoms. The summed E-state index contributed by atoms with van der Waals surface area (Å²) in [7, 11) is 3.98. The predicted molar refractivity (Wildman–Crippen MR) is 93.4 cm³/mol. The van der Waals surface area contributed by atoms with Crippen LogP contribution in [0.1, 0.15) is 36.4 Å². The zero-order chi connectivity index (χ0) is 16.4. The van der Waals surface area contributed by atoms with E-state index in [9.17, 15) is 4.79 Å². The highest BCUT2D eigenvalue weighted by atomic mass is 16.2. The van der Waals surface area contributed by atoms with E-state index < -0.39 is 0 Å². The number of benzene rings is 1. The van der Waals surface area contributed by atoms with Crippen LogP contribution in [-0.4, -0.2) is 66.9 Å². The van der Waals surface area contributed by atoms with Crippen molar-refractivity contribution in [3.8, 4) is 0 Å². The molecule has 1 aromatic rings. The van der Waals surface area contributed by atoms with E-state index in [0.717, 1.165) is 18.7 Å². The molecule has 1 aromatic carbocycles. The Bertz CT molecular complexity index is 528. The van der Waals surface area contributed by atoms with E-state index in [0.29, 0.717) is 6.04 Å². The first kappa shape index (κ1) is 16.5. The van der Waals surface area contributed by atoms with Crippen molar-refractivity contribution in [1.82, 2.24) is 14.7 Å². The molecule has 1 unspecified atom stereocenters. The van der Waals surface area contributed by atoms with E-state index in [1.54, 1.807) is 0 Å². The van der Waals surface area contributed by atoms with Crippen molar-refractivity contribution in [2.75, 3.05) is 40.3 Å². The Labute approximate surface area is 140 Å². The Morgan fingerprint density at radius 2 is 1.70 bits per heavy atom. The number of likely N-dealkylation sites (tertiary alicyclic amines) is 2. The lowest BCUT2D eigenvalue weighted by molar-refractivity contribution is -0.144. The number of carbonyl (C=O) groups is 1. The quantitative estimate of drug-likeness (QED) is 0.853. The van der Waals surface area contributed by atoms with Gasteiger partial charge in [0.15, 0.2) is 0 Å². The second-order valence-corrected chi connectivity index (χ2v) is 7.27. The van der Waals surface area contributed by atoms with Gasteiger partial charge in [0.2, 0.25) is 5.91 Å². The second kappa shape index (κ2) is 7.02. The highest BCUT2D eigenvalue weighted by Crippen LogP contribution is 2.26. The number of hydrogen-bond acceptors (Lipinski definition) is 3. The molecule has 4 nitrogen and oxygen atoms in total. The zero-order valence-electron chi connectivity index (χ0n) is 14.7. The van der Waals surface area contributed by atoms with Crippen LogP contribution in [0.2, 0.25) is 0 Å². The fourth-order valence-corrected chi connectivity index (χ4v) is 3.73. The van der Waals surface area contributed by atoms with E-state index >= 15 is 0 Å². The molecule has 1 amide bonds. The maximum absolute atomic E-state index is 12.9. The van der Waals surface area contributed by atoms with Crippen LogP contribution >= 0.6 is 0 Å². The van der Waals surface area contributed by atoms with E-state index in [4.69, 9.17) is 0 Å². The average molecular weight is 315 g/mol. The van der Waals surface area contributed by atoms with Gasteiger partial charge in [-0.3, -0.25) is 14.6 Å². The number of likely N-dealkylation sites (N-methyl/N-ethyl adjacent to an activating group) is 1. The largest absolute Gasteiger partial charge is 0.338 e. The SMILES string of the molecule is Cc1ccc(C(C(=O)N2CC(N3CCCCC3)C2)N(C)C)cc1. The van der Waals surface area contributed by atoms with Gasteiger partial charge in [-0.25, -0.2) is 0 Å². The number of rotatable bonds is 4. The van der Waals surface area contributed by atoms with Crippen LogP contribution in [-0.2, 0) is 4.79 Å². The first-order valence-electron chi connectivity index (χ1n) is 8.82. The standard InChI is InChI=1S/C19H29N3O/c1-15-7-9-16(10-8-15)18(20(2)3)19(23)22-13-17(14-22)21-11-5-4-6-12-21/h7-10,17-18H,4-6,11-14H2,1-3H3. The van der Waals surface area contributed by atoms with Crippen molar-refractivity contribution in [2.45, 2.75) is 38.3 Å².